The lowest BCUT2D eigenvalue weighted by Crippen LogP contribution is -2.50. The van der Waals surface area contributed by atoms with Gasteiger partial charge in [-0.15, -0.1) is 12.4 Å². The van der Waals surface area contributed by atoms with Gasteiger partial charge in [-0.2, -0.15) is 0 Å². The molecule has 0 bridgehead atoms. The summed E-state index contributed by atoms with van der Waals surface area (Å²) in [5.74, 6) is 1.09. The minimum atomic E-state index is 0. The second kappa shape index (κ2) is 6.60. The molecule has 1 N–H and O–H groups in total. The number of hydrogen-bond donors (Lipinski definition) is 1. The van der Waals surface area contributed by atoms with E-state index in [1.165, 1.54) is 24.2 Å². The van der Waals surface area contributed by atoms with Crippen molar-refractivity contribution in [3.63, 3.8) is 0 Å². The Hall–Kier alpha value is -0.770. The second-order valence-electron chi connectivity index (χ2n) is 5.38. The van der Waals surface area contributed by atoms with Crippen LogP contribution in [0.15, 0.2) is 18.2 Å². The van der Waals surface area contributed by atoms with E-state index in [1.54, 1.807) is 0 Å². The van der Waals surface area contributed by atoms with E-state index in [2.05, 4.69) is 35.3 Å². The molecular formula is C15H23ClN2O. The molecule has 3 nitrogen and oxygen atoms in total. The van der Waals surface area contributed by atoms with E-state index in [4.69, 9.17) is 4.74 Å². The van der Waals surface area contributed by atoms with Crippen LogP contribution in [0.1, 0.15) is 18.1 Å². The van der Waals surface area contributed by atoms with Crippen molar-refractivity contribution >= 4 is 12.4 Å². The first-order valence-corrected chi connectivity index (χ1v) is 7.02. The van der Waals surface area contributed by atoms with Gasteiger partial charge in [0.2, 0.25) is 0 Å². The molecule has 1 aromatic carbocycles. The van der Waals surface area contributed by atoms with Gasteiger partial charge in [0.25, 0.3) is 0 Å². The van der Waals surface area contributed by atoms with E-state index in [1.807, 2.05) is 0 Å². The molecule has 4 heteroatoms. The van der Waals surface area contributed by atoms with Crippen LogP contribution in [0.4, 0.5) is 0 Å². The summed E-state index contributed by atoms with van der Waals surface area (Å²) >= 11 is 0. The van der Waals surface area contributed by atoms with Gasteiger partial charge in [0.15, 0.2) is 0 Å². The molecule has 2 heterocycles. The van der Waals surface area contributed by atoms with Crippen molar-refractivity contribution in [2.45, 2.75) is 25.8 Å². The average molecular weight is 283 g/mol. The van der Waals surface area contributed by atoms with E-state index < -0.39 is 0 Å². The van der Waals surface area contributed by atoms with Crippen molar-refractivity contribution in [3.05, 3.63) is 29.3 Å². The molecule has 0 aliphatic carbocycles. The van der Waals surface area contributed by atoms with Crippen LogP contribution in [0.3, 0.4) is 0 Å². The van der Waals surface area contributed by atoms with Crippen LogP contribution in [0.25, 0.3) is 0 Å². The Morgan fingerprint density at radius 1 is 1.42 bits per heavy atom. The Bertz CT molecular complexity index is 425. The molecule has 0 radical (unpaired) electrons. The Labute approximate surface area is 121 Å². The summed E-state index contributed by atoms with van der Waals surface area (Å²) in [6.45, 7) is 7.76. The van der Waals surface area contributed by atoms with E-state index in [-0.39, 0.29) is 12.4 Å². The van der Waals surface area contributed by atoms with E-state index in [0.29, 0.717) is 6.04 Å². The standard InChI is InChI=1S/C15H22N2O.ClH/c1-12-11-16-6-8-17(12)7-4-13-2-3-15-14(10-13)5-9-18-15;/h2-3,10,12,16H,4-9,11H2,1H3;1H. The van der Waals surface area contributed by atoms with Crippen LogP contribution in [-0.2, 0) is 12.8 Å². The zero-order valence-corrected chi connectivity index (χ0v) is 12.3. The Kier molecular flexibility index (Phi) is 5.08. The number of ether oxygens (including phenoxy) is 1. The van der Waals surface area contributed by atoms with E-state index in [9.17, 15) is 0 Å². The van der Waals surface area contributed by atoms with Gasteiger partial charge in [0.05, 0.1) is 6.61 Å². The van der Waals surface area contributed by atoms with Gasteiger partial charge in [-0.25, -0.2) is 0 Å². The predicted molar refractivity (Wildman–Crippen MR) is 80.5 cm³/mol. The number of fused-ring (bicyclic) bond motifs is 1. The molecule has 19 heavy (non-hydrogen) atoms. The third-order valence-electron chi connectivity index (χ3n) is 4.08. The largest absolute Gasteiger partial charge is 0.493 e. The van der Waals surface area contributed by atoms with Crippen LogP contribution in [-0.4, -0.2) is 43.7 Å². The van der Waals surface area contributed by atoms with E-state index >= 15 is 0 Å². The lowest BCUT2D eigenvalue weighted by molar-refractivity contribution is 0.176. The molecule has 0 aromatic heterocycles. The Balaban J connectivity index is 0.00000133. The van der Waals surface area contributed by atoms with Crippen LogP contribution in [0, 0.1) is 0 Å². The predicted octanol–water partition coefficient (Wildman–Crippen LogP) is 1.88. The molecule has 0 amide bonds. The van der Waals surface area contributed by atoms with Gasteiger partial charge in [0, 0.05) is 38.6 Å². The smallest absolute Gasteiger partial charge is 0.122 e. The lowest BCUT2D eigenvalue weighted by Gasteiger charge is -2.33. The number of benzene rings is 1. The highest BCUT2D eigenvalue weighted by Gasteiger charge is 2.17. The first kappa shape index (κ1) is 14.6. The molecule has 1 atom stereocenters. The third-order valence-corrected chi connectivity index (χ3v) is 4.08. The van der Waals surface area contributed by atoms with Crippen molar-refractivity contribution in [2.24, 2.45) is 0 Å². The van der Waals surface area contributed by atoms with Crippen molar-refractivity contribution in [1.82, 2.24) is 10.2 Å². The molecule has 2 aliphatic rings. The first-order valence-electron chi connectivity index (χ1n) is 7.02. The fourth-order valence-corrected chi connectivity index (χ4v) is 2.88. The third kappa shape index (κ3) is 3.41. The number of nitrogens with one attached hydrogen (secondary N) is 1. The molecule has 0 spiro atoms. The topological polar surface area (TPSA) is 24.5 Å². The normalized spacial score (nSPS) is 22.5. The fraction of sp³-hybridized carbons (Fsp3) is 0.600. The van der Waals surface area contributed by atoms with Crippen molar-refractivity contribution < 1.29 is 4.74 Å². The van der Waals surface area contributed by atoms with Crippen molar-refractivity contribution in [1.29, 1.82) is 0 Å². The van der Waals surface area contributed by atoms with Crippen molar-refractivity contribution in [2.75, 3.05) is 32.8 Å². The molecule has 1 fully saturated rings. The minimum Gasteiger partial charge on any atom is -0.493 e. The fourth-order valence-electron chi connectivity index (χ4n) is 2.88. The lowest BCUT2D eigenvalue weighted by atomic mass is 10.1. The maximum absolute atomic E-state index is 5.55. The number of rotatable bonds is 3. The van der Waals surface area contributed by atoms with E-state index in [0.717, 1.165) is 38.3 Å². The number of hydrogen-bond acceptors (Lipinski definition) is 3. The minimum absolute atomic E-state index is 0. The monoisotopic (exact) mass is 282 g/mol. The van der Waals surface area contributed by atoms with Crippen molar-refractivity contribution in [3.8, 4) is 5.75 Å². The van der Waals surface area contributed by atoms with Gasteiger partial charge in [-0.1, -0.05) is 12.1 Å². The molecular weight excluding hydrogens is 260 g/mol. The number of nitrogens with zero attached hydrogens (tertiary/aromatic N) is 1. The molecule has 1 unspecified atom stereocenters. The summed E-state index contributed by atoms with van der Waals surface area (Å²) in [6, 6.07) is 7.35. The van der Waals surface area contributed by atoms with Gasteiger partial charge < -0.3 is 10.1 Å². The van der Waals surface area contributed by atoms with Crippen LogP contribution in [0.2, 0.25) is 0 Å². The zero-order chi connectivity index (χ0) is 12.4. The molecule has 2 aliphatic heterocycles. The summed E-state index contributed by atoms with van der Waals surface area (Å²) in [5.41, 5.74) is 2.84. The molecule has 0 saturated carbocycles. The van der Waals surface area contributed by atoms with Gasteiger partial charge in [-0.05, 0) is 30.5 Å². The summed E-state index contributed by atoms with van der Waals surface area (Å²) in [7, 11) is 0. The van der Waals surface area contributed by atoms with Crippen LogP contribution < -0.4 is 10.1 Å². The number of piperazine rings is 1. The Morgan fingerprint density at radius 3 is 3.16 bits per heavy atom. The second-order valence-corrected chi connectivity index (χ2v) is 5.38. The molecule has 1 aromatic rings. The Morgan fingerprint density at radius 2 is 2.32 bits per heavy atom. The van der Waals surface area contributed by atoms with Crippen LogP contribution in [0.5, 0.6) is 5.75 Å². The zero-order valence-electron chi connectivity index (χ0n) is 11.5. The summed E-state index contributed by atoms with van der Waals surface area (Å²) < 4.78 is 5.55. The maximum Gasteiger partial charge on any atom is 0.122 e. The average Bonchev–Trinajstić information content (AvgIpc) is 2.85. The number of halogens is 1. The van der Waals surface area contributed by atoms with Gasteiger partial charge >= 0.3 is 0 Å². The molecule has 3 rings (SSSR count). The highest BCUT2D eigenvalue weighted by Crippen LogP contribution is 2.26. The highest BCUT2D eigenvalue weighted by molar-refractivity contribution is 5.85. The highest BCUT2D eigenvalue weighted by atomic mass is 35.5. The van der Waals surface area contributed by atoms with Gasteiger partial charge in [0.1, 0.15) is 5.75 Å². The summed E-state index contributed by atoms with van der Waals surface area (Å²) in [5, 5.41) is 3.44. The maximum atomic E-state index is 5.55. The summed E-state index contributed by atoms with van der Waals surface area (Å²) in [6.07, 6.45) is 2.23. The van der Waals surface area contributed by atoms with Crippen LogP contribution >= 0.6 is 12.4 Å². The van der Waals surface area contributed by atoms with Gasteiger partial charge in [-0.3, -0.25) is 4.90 Å². The quantitative estimate of drug-likeness (QED) is 0.916. The SMILES string of the molecule is CC1CNCCN1CCc1ccc2c(c1)CCO2.Cl. The molecule has 1 saturated heterocycles. The summed E-state index contributed by atoms with van der Waals surface area (Å²) in [4.78, 5) is 2.58. The first-order chi connectivity index (χ1) is 8.83. The molecule has 106 valence electrons.